The molecule has 8 heteroatoms. The predicted molar refractivity (Wildman–Crippen MR) is 86.0 cm³/mol. The highest BCUT2D eigenvalue weighted by Crippen LogP contribution is 2.38. The first-order valence-corrected chi connectivity index (χ1v) is 8.42. The standard InChI is InChI=1S/C14H23N3O4S/c1-8(2)11-5-10(17-13(18)7-15)6-12(9(3)4)14(11)21-22(16,19)20/h5-6,8-9H,7,15H2,1-4H3,(H,17,18)(H2,16,19,20). The molecule has 0 saturated heterocycles. The summed E-state index contributed by atoms with van der Waals surface area (Å²) in [7, 11) is -4.14. The number of nitrogens with two attached hydrogens (primary N) is 2. The molecular weight excluding hydrogens is 306 g/mol. The Labute approximate surface area is 131 Å². The number of benzene rings is 1. The number of carbonyl (C=O) groups is 1. The Morgan fingerprint density at radius 1 is 1.18 bits per heavy atom. The highest BCUT2D eigenvalue weighted by molar-refractivity contribution is 7.84. The van der Waals surface area contributed by atoms with Gasteiger partial charge in [0.15, 0.2) is 5.75 Å². The SMILES string of the molecule is CC(C)c1cc(NC(=O)CN)cc(C(C)C)c1OS(N)(=O)=O. The molecular formula is C14H23N3O4S. The monoisotopic (exact) mass is 329 g/mol. The molecule has 0 bridgehead atoms. The third-order valence-electron chi connectivity index (χ3n) is 3.06. The Bertz CT molecular complexity index is 625. The van der Waals surface area contributed by atoms with E-state index in [-0.39, 0.29) is 30.0 Å². The summed E-state index contributed by atoms with van der Waals surface area (Å²) in [6.45, 7) is 7.44. The summed E-state index contributed by atoms with van der Waals surface area (Å²) in [5, 5.41) is 7.68. The molecule has 0 radical (unpaired) electrons. The van der Waals surface area contributed by atoms with Gasteiger partial charge in [-0.15, -0.1) is 0 Å². The van der Waals surface area contributed by atoms with Crippen LogP contribution in [0.3, 0.4) is 0 Å². The van der Waals surface area contributed by atoms with Crippen molar-refractivity contribution in [1.82, 2.24) is 0 Å². The molecule has 1 aromatic carbocycles. The summed E-state index contributed by atoms with van der Waals surface area (Å²) in [5.41, 5.74) is 7.13. The van der Waals surface area contributed by atoms with Crippen molar-refractivity contribution in [3.8, 4) is 5.75 Å². The van der Waals surface area contributed by atoms with Crippen LogP contribution in [-0.2, 0) is 15.1 Å². The molecule has 0 aliphatic rings. The van der Waals surface area contributed by atoms with E-state index in [4.69, 9.17) is 15.1 Å². The molecule has 5 N–H and O–H groups in total. The quantitative estimate of drug-likeness (QED) is 0.728. The predicted octanol–water partition coefficient (Wildman–Crippen LogP) is 1.41. The van der Waals surface area contributed by atoms with Gasteiger partial charge in [0, 0.05) is 16.8 Å². The number of nitrogens with one attached hydrogen (secondary N) is 1. The molecule has 1 amide bonds. The maximum absolute atomic E-state index is 11.5. The smallest absolute Gasteiger partial charge is 0.370 e. The zero-order chi connectivity index (χ0) is 17.1. The first kappa shape index (κ1) is 18.4. The Hall–Kier alpha value is -1.64. The van der Waals surface area contributed by atoms with Gasteiger partial charge in [0.2, 0.25) is 5.91 Å². The van der Waals surface area contributed by atoms with Crippen molar-refractivity contribution in [2.45, 2.75) is 39.5 Å². The molecule has 1 aromatic rings. The van der Waals surface area contributed by atoms with E-state index < -0.39 is 10.3 Å². The first-order chi connectivity index (χ1) is 10.0. The fourth-order valence-corrected chi connectivity index (χ4v) is 2.45. The van der Waals surface area contributed by atoms with Crippen molar-refractivity contribution in [3.63, 3.8) is 0 Å². The molecule has 0 spiro atoms. The van der Waals surface area contributed by atoms with Crippen LogP contribution in [0.25, 0.3) is 0 Å². The number of hydrogen-bond acceptors (Lipinski definition) is 5. The van der Waals surface area contributed by atoms with Gasteiger partial charge in [-0.05, 0) is 24.0 Å². The fourth-order valence-electron chi connectivity index (χ4n) is 2.03. The summed E-state index contributed by atoms with van der Waals surface area (Å²) in [4.78, 5) is 11.5. The van der Waals surface area contributed by atoms with Crippen molar-refractivity contribution >= 4 is 21.9 Å². The molecule has 1 rings (SSSR count). The lowest BCUT2D eigenvalue weighted by atomic mass is 9.93. The van der Waals surface area contributed by atoms with Crippen LogP contribution in [0.4, 0.5) is 5.69 Å². The fraction of sp³-hybridized carbons (Fsp3) is 0.500. The highest BCUT2D eigenvalue weighted by Gasteiger charge is 2.21. The Morgan fingerprint density at radius 3 is 1.95 bits per heavy atom. The minimum absolute atomic E-state index is 0.0241. The molecule has 7 nitrogen and oxygen atoms in total. The zero-order valence-electron chi connectivity index (χ0n) is 13.2. The normalized spacial score (nSPS) is 11.8. The third kappa shape index (κ3) is 4.97. The van der Waals surface area contributed by atoms with Crippen molar-refractivity contribution in [2.75, 3.05) is 11.9 Å². The average Bonchev–Trinajstić information content (AvgIpc) is 2.37. The summed E-state index contributed by atoms with van der Waals surface area (Å²) in [5.74, 6) is -0.157. The van der Waals surface area contributed by atoms with E-state index >= 15 is 0 Å². The van der Waals surface area contributed by atoms with Crippen LogP contribution in [0.2, 0.25) is 0 Å². The van der Waals surface area contributed by atoms with E-state index in [9.17, 15) is 13.2 Å². The van der Waals surface area contributed by atoms with Gasteiger partial charge in [-0.25, -0.2) is 0 Å². The van der Waals surface area contributed by atoms with Gasteiger partial charge in [-0.2, -0.15) is 13.6 Å². The summed E-state index contributed by atoms with van der Waals surface area (Å²) in [6.07, 6.45) is 0. The summed E-state index contributed by atoms with van der Waals surface area (Å²) >= 11 is 0. The average molecular weight is 329 g/mol. The molecule has 0 saturated carbocycles. The van der Waals surface area contributed by atoms with Crippen LogP contribution in [0.5, 0.6) is 5.75 Å². The lowest BCUT2D eigenvalue weighted by Gasteiger charge is -2.20. The number of anilines is 1. The second-order valence-electron chi connectivity index (χ2n) is 5.62. The lowest BCUT2D eigenvalue weighted by Crippen LogP contribution is -2.23. The van der Waals surface area contributed by atoms with Crippen LogP contribution >= 0.6 is 0 Å². The molecule has 0 aliphatic heterocycles. The topological polar surface area (TPSA) is 125 Å². The van der Waals surface area contributed by atoms with Gasteiger partial charge in [0.05, 0.1) is 6.54 Å². The van der Waals surface area contributed by atoms with E-state index in [0.717, 1.165) is 0 Å². The first-order valence-electron chi connectivity index (χ1n) is 6.95. The van der Waals surface area contributed by atoms with Crippen LogP contribution in [0, 0.1) is 0 Å². The van der Waals surface area contributed by atoms with Crippen LogP contribution in [0.1, 0.15) is 50.7 Å². The van der Waals surface area contributed by atoms with E-state index in [1.807, 2.05) is 27.7 Å². The van der Waals surface area contributed by atoms with E-state index in [1.165, 1.54) is 0 Å². The number of amides is 1. The molecule has 0 aliphatic carbocycles. The highest BCUT2D eigenvalue weighted by atomic mass is 32.2. The Kier molecular flexibility index (Phi) is 5.92. The minimum Gasteiger partial charge on any atom is -0.370 e. The van der Waals surface area contributed by atoms with Gasteiger partial charge < -0.3 is 15.2 Å². The molecule has 0 unspecified atom stereocenters. The van der Waals surface area contributed by atoms with Crippen LogP contribution in [0.15, 0.2) is 12.1 Å². The largest absolute Gasteiger partial charge is 0.380 e. The van der Waals surface area contributed by atoms with E-state index in [0.29, 0.717) is 16.8 Å². The Balaban J connectivity index is 3.49. The molecule has 124 valence electrons. The van der Waals surface area contributed by atoms with Crippen LogP contribution in [-0.4, -0.2) is 20.9 Å². The van der Waals surface area contributed by atoms with E-state index in [2.05, 4.69) is 5.32 Å². The zero-order valence-corrected chi connectivity index (χ0v) is 14.0. The van der Waals surface area contributed by atoms with Gasteiger partial charge in [-0.1, -0.05) is 27.7 Å². The summed E-state index contributed by atoms with van der Waals surface area (Å²) < 4.78 is 27.6. The van der Waals surface area contributed by atoms with Crippen molar-refractivity contribution in [1.29, 1.82) is 0 Å². The second-order valence-corrected chi connectivity index (χ2v) is 6.77. The van der Waals surface area contributed by atoms with E-state index in [1.54, 1.807) is 12.1 Å². The number of hydrogen-bond donors (Lipinski definition) is 3. The van der Waals surface area contributed by atoms with Gasteiger partial charge in [0.1, 0.15) is 0 Å². The maximum atomic E-state index is 11.5. The maximum Gasteiger partial charge on any atom is 0.380 e. The second kappa shape index (κ2) is 7.08. The minimum atomic E-state index is -4.14. The molecule has 0 fully saturated rings. The molecule has 0 heterocycles. The molecule has 0 atom stereocenters. The van der Waals surface area contributed by atoms with Crippen molar-refractivity contribution < 1.29 is 17.4 Å². The number of carbonyl (C=O) groups excluding carboxylic acids is 1. The van der Waals surface area contributed by atoms with Gasteiger partial charge >= 0.3 is 10.3 Å². The number of rotatable bonds is 6. The van der Waals surface area contributed by atoms with Crippen LogP contribution < -0.4 is 20.4 Å². The summed E-state index contributed by atoms with van der Waals surface area (Å²) in [6, 6.07) is 3.34. The Morgan fingerprint density at radius 2 is 1.64 bits per heavy atom. The van der Waals surface area contributed by atoms with Gasteiger partial charge in [-0.3, -0.25) is 4.79 Å². The molecule has 22 heavy (non-hydrogen) atoms. The third-order valence-corrected chi connectivity index (χ3v) is 3.46. The van der Waals surface area contributed by atoms with Gasteiger partial charge in [0.25, 0.3) is 0 Å². The lowest BCUT2D eigenvalue weighted by molar-refractivity contribution is -0.114. The van der Waals surface area contributed by atoms with Crippen molar-refractivity contribution in [2.24, 2.45) is 10.9 Å². The van der Waals surface area contributed by atoms with Crippen molar-refractivity contribution in [3.05, 3.63) is 23.3 Å². The molecule has 0 aromatic heterocycles.